The van der Waals surface area contributed by atoms with E-state index in [1.54, 1.807) is 0 Å². The zero-order valence-electron chi connectivity index (χ0n) is 19.7. The molecule has 0 atom stereocenters. The summed E-state index contributed by atoms with van der Waals surface area (Å²) in [5.41, 5.74) is -0.739. The number of halogens is 3. The van der Waals surface area contributed by atoms with Crippen molar-refractivity contribution in [2.24, 2.45) is 0 Å². The van der Waals surface area contributed by atoms with Crippen LogP contribution in [0.1, 0.15) is 31.2 Å². The quantitative estimate of drug-likeness (QED) is 0.292. The Bertz CT molecular complexity index is 1050. The Morgan fingerprint density at radius 1 is 1.06 bits per heavy atom. The van der Waals surface area contributed by atoms with E-state index in [9.17, 15) is 23.3 Å². The highest BCUT2D eigenvalue weighted by molar-refractivity contribution is 7.80. The molecule has 0 aromatic heterocycles. The summed E-state index contributed by atoms with van der Waals surface area (Å²) >= 11 is 5.61. The van der Waals surface area contributed by atoms with Crippen molar-refractivity contribution in [3.63, 3.8) is 0 Å². The van der Waals surface area contributed by atoms with E-state index in [0.29, 0.717) is 6.61 Å². The van der Waals surface area contributed by atoms with Crippen LogP contribution in [0, 0.1) is 10.1 Å². The fraction of sp³-hybridized carbons (Fsp3) is 0.480. The van der Waals surface area contributed by atoms with Crippen LogP contribution in [0.3, 0.4) is 0 Å². The number of alkyl halides is 3. The van der Waals surface area contributed by atoms with E-state index in [0.717, 1.165) is 69.0 Å². The third kappa shape index (κ3) is 6.64. The number of hydrogen-bond acceptors (Lipinski definition) is 6. The van der Waals surface area contributed by atoms with E-state index in [4.69, 9.17) is 17.0 Å². The minimum atomic E-state index is -4.79. The van der Waals surface area contributed by atoms with Crippen LogP contribution in [-0.2, 0) is 10.9 Å². The summed E-state index contributed by atoms with van der Waals surface area (Å²) in [5, 5.41) is 14.0. The lowest BCUT2D eigenvalue weighted by molar-refractivity contribution is -0.388. The molecule has 11 heteroatoms. The Labute approximate surface area is 213 Å². The molecular weight excluding hydrogens is 493 g/mol. The van der Waals surface area contributed by atoms with Gasteiger partial charge in [0.2, 0.25) is 0 Å². The van der Waals surface area contributed by atoms with Crippen LogP contribution in [0.2, 0.25) is 0 Å². The van der Waals surface area contributed by atoms with Crippen LogP contribution in [0.25, 0.3) is 0 Å². The Morgan fingerprint density at radius 3 is 2.33 bits per heavy atom. The first kappa shape index (κ1) is 26.2. The summed E-state index contributed by atoms with van der Waals surface area (Å²) in [5.74, 6) is 0. The summed E-state index contributed by atoms with van der Waals surface area (Å²) in [6.07, 6.45) is -1.76. The van der Waals surface area contributed by atoms with Gasteiger partial charge in [-0.1, -0.05) is 30.4 Å². The molecule has 2 fully saturated rings. The lowest BCUT2D eigenvalue weighted by atomic mass is 9.92. The van der Waals surface area contributed by atoms with E-state index in [1.165, 1.54) is 11.8 Å². The number of hydrogen-bond donors (Lipinski definition) is 1. The molecule has 1 saturated heterocycles. The van der Waals surface area contributed by atoms with E-state index in [2.05, 4.69) is 27.2 Å². The fourth-order valence-electron chi connectivity index (χ4n) is 4.75. The highest BCUT2D eigenvalue weighted by Crippen LogP contribution is 2.38. The molecule has 0 bridgehead atoms. The number of benzene rings is 2. The first-order valence-corrected chi connectivity index (χ1v) is 12.4. The second-order valence-corrected chi connectivity index (χ2v) is 9.59. The predicted octanol–water partition coefficient (Wildman–Crippen LogP) is 5.50. The second kappa shape index (κ2) is 11.4. The Hall–Kier alpha value is -2.92. The van der Waals surface area contributed by atoms with Gasteiger partial charge in [-0.25, -0.2) is 0 Å². The lowest BCUT2D eigenvalue weighted by Crippen LogP contribution is -2.49. The molecule has 1 aliphatic carbocycles. The van der Waals surface area contributed by atoms with Crippen LogP contribution in [-0.4, -0.2) is 59.7 Å². The molecule has 2 aromatic rings. The van der Waals surface area contributed by atoms with Crippen molar-refractivity contribution in [2.45, 2.75) is 44.0 Å². The summed E-state index contributed by atoms with van der Waals surface area (Å²) in [6, 6.07) is 13.3. The number of nitrogens with one attached hydrogen (secondary N) is 1. The smallest absolute Gasteiger partial charge is 0.382 e. The van der Waals surface area contributed by atoms with E-state index < -0.39 is 22.4 Å². The largest absolute Gasteiger partial charge is 0.423 e. The number of piperazine rings is 1. The molecule has 2 aromatic carbocycles. The topological polar surface area (TPSA) is 70.9 Å². The van der Waals surface area contributed by atoms with Crippen molar-refractivity contribution >= 4 is 34.3 Å². The number of para-hydroxylation sites is 1. The number of nitro groups is 1. The van der Waals surface area contributed by atoms with E-state index in [1.807, 2.05) is 18.2 Å². The normalized spacial score (nSPS) is 20.8. The van der Waals surface area contributed by atoms with Crippen LogP contribution in [0.15, 0.2) is 48.5 Å². The van der Waals surface area contributed by atoms with Gasteiger partial charge in [0.05, 0.1) is 17.6 Å². The maximum Gasteiger partial charge on any atom is 0.423 e. The van der Waals surface area contributed by atoms with Gasteiger partial charge < -0.3 is 19.9 Å². The molecule has 2 aliphatic rings. The molecule has 7 nitrogen and oxygen atoms in total. The van der Waals surface area contributed by atoms with Crippen molar-refractivity contribution in [2.75, 3.05) is 43.0 Å². The maximum absolute atomic E-state index is 13.2. The van der Waals surface area contributed by atoms with Crippen LogP contribution in [0.5, 0.6) is 0 Å². The third-order valence-corrected chi connectivity index (χ3v) is 7.12. The molecule has 194 valence electrons. The number of nitrogens with zero attached hydrogens (tertiary/aromatic N) is 3. The molecule has 1 aliphatic heterocycles. The molecule has 36 heavy (non-hydrogen) atoms. The minimum absolute atomic E-state index is 0.0228. The van der Waals surface area contributed by atoms with Gasteiger partial charge >= 0.3 is 6.18 Å². The molecule has 1 heterocycles. The first-order chi connectivity index (χ1) is 17.2. The molecule has 0 unspecified atom stereocenters. The van der Waals surface area contributed by atoms with Crippen LogP contribution < -0.4 is 10.2 Å². The summed E-state index contributed by atoms with van der Waals surface area (Å²) in [6.45, 7) is 3.89. The number of rotatable bonds is 7. The number of nitro benzene ring substituents is 1. The average Bonchev–Trinajstić information content (AvgIpc) is 2.88. The van der Waals surface area contributed by atoms with Gasteiger partial charge in [0.25, 0.3) is 5.69 Å². The molecule has 0 radical (unpaired) electrons. The highest BCUT2D eigenvalue weighted by Gasteiger charge is 2.38. The number of ether oxygens (including phenoxy) is 1. The standard InChI is InChI=1S/C25H29F3N4O3S/c26-25(27,28)22-16-19(8-11-23(22)32(33)34)29-18-6-9-21(10-7-18)35-17-24(36)31-14-12-30(13-15-31)20-4-2-1-3-5-20/h1-5,8,11,16,18,21,29H,6-7,9-10,12-15,17H2. The summed E-state index contributed by atoms with van der Waals surface area (Å²) in [4.78, 5) is 15.3. The Kier molecular flexibility index (Phi) is 8.30. The van der Waals surface area contributed by atoms with Gasteiger partial charge in [0, 0.05) is 49.7 Å². The summed E-state index contributed by atoms with van der Waals surface area (Å²) < 4.78 is 45.8. The zero-order valence-corrected chi connectivity index (χ0v) is 20.6. The molecule has 1 N–H and O–H groups in total. The van der Waals surface area contributed by atoms with Crippen molar-refractivity contribution < 1.29 is 22.8 Å². The van der Waals surface area contributed by atoms with E-state index in [-0.39, 0.29) is 17.8 Å². The van der Waals surface area contributed by atoms with Gasteiger partial charge in [-0.2, -0.15) is 13.2 Å². The minimum Gasteiger partial charge on any atom is -0.382 e. The predicted molar refractivity (Wildman–Crippen MR) is 137 cm³/mol. The summed E-state index contributed by atoms with van der Waals surface area (Å²) in [7, 11) is 0. The maximum atomic E-state index is 13.2. The molecule has 1 saturated carbocycles. The van der Waals surface area contributed by atoms with Gasteiger partial charge in [-0.05, 0) is 49.9 Å². The van der Waals surface area contributed by atoms with Crippen molar-refractivity contribution in [1.29, 1.82) is 0 Å². The Morgan fingerprint density at radius 2 is 1.72 bits per heavy atom. The SMILES string of the molecule is O=[N+]([O-])c1ccc(NC2CCC(OCC(=S)N3CCN(c4ccccc4)CC3)CC2)cc1C(F)(F)F. The Balaban J connectivity index is 1.20. The van der Waals surface area contributed by atoms with Crippen LogP contribution in [0.4, 0.5) is 30.2 Å². The van der Waals surface area contributed by atoms with Gasteiger partial charge in [-0.15, -0.1) is 0 Å². The molecule has 0 amide bonds. The second-order valence-electron chi connectivity index (χ2n) is 9.12. The molecule has 4 rings (SSSR count). The van der Waals surface area contributed by atoms with Crippen molar-refractivity contribution in [3.05, 3.63) is 64.2 Å². The van der Waals surface area contributed by atoms with Crippen molar-refractivity contribution in [3.8, 4) is 0 Å². The van der Waals surface area contributed by atoms with Crippen molar-refractivity contribution in [1.82, 2.24) is 4.90 Å². The average molecular weight is 523 g/mol. The van der Waals surface area contributed by atoms with Gasteiger partial charge in [-0.3, -0.25) is 10.1 Å². The first-order valence-electron chi connectivity index (χ1n) is 12.0. The number of thiocarbonyl (C=S) groups is 1. The van der Waals surface area contributed by atoms with Crippen LogP contribution >= 0.6 is 12.2 Å². The van der Waals surface area contributed by atoms with Gasteiger partial charge in [0.1, 0.15) is 10.6 Å². The lowest BCUT2D eigenvalue weighted by Gasteiger charge is -2.38. The van der Waals surface area contributed by atoms with E-state index >= 15 is 0 Å². The fourth-order valence-corrected chi connectivity index (χ4v) is 5.01. The van der Waals surface area contributed by atoms with Gasteiger partial charge in [0.15, 0.2) is 0 Å². The monoisotopic (exact) mass is 522 g/mol. The molecular formula is C25H29F3N4O3S. The number of anilines is 2. The third-order valence-electron chi connectivity index (χ3n) is 6.74. The molecule has 0 spiro atoms. The highest BCUT2D eigenvalue weighted by atomic mass is 32.1. The zero-order chi connectivity index (χ0) is 25.7.